The Morgan fingerprint density at radius 3 is 2.79 bits per heavy atom. The number of fused-ring (bicyclic) bond motifs is 1. The molecular formula is C22H27F2N7O3. The molecule has 182 valence electrons. The Bertz CT molecular complexity index is 1160. The van der Waals surface area contributed by atoms with Gasteiger partial charge >= 0.3 is 0 Å². The minimum absolute atomic E-state index is 0.0858. The Morgan fingerprint density at radius 1 is 1.35 bits per heavy atom. The van der Waals surface area contributed by atoms with Gasteiger partial charge in [-0.25, -0.2) is 13.8 Å². The molecule has 0 radical (unpaired) electrons. The van der Waals surface area contributed by atoms with Crippen molar-refractivity contribution in [3.05, 3.63) is 41.9 Å². The van der Waals surface area contributed by atoms with Crippen LogP contribution < -0.4 is 16.0 Å². The summed E-state index contributed by atoms with van der Waals surface area (Å²) in [6, 6.07) is 0.659. The molecule has 0 spiro atoms. The van der Waals surface area contributed by atoms with Crippen molar-refractivity contribution in [3.63, 3.8) is 0 Å². The van der Waals surface area contributed by atoms with Crippen molar-refractivity contribution in [1.29, 1.82) is 0 Å². The molecule has 0 saturated heterocycles. The maximum Gasteiger partial charge on any atom is 0.267 e. The molecule has 10 nitrogen and oxygen atoms in total. The SMILES string of the molecule is CNc1cc(NC2=CC=CN([C@H]3C[C@H](OC)C3)C2O)nc2c(C(=O)NC3CCC3(F)F)cnn12. The number of aliphatic hydroxyl groups is 1. The number of hydrogen-bond acceptors (Lipinski definition) is 8. The zero-order valence-corrected chi connectivity index (χ0v) is 18.8. The smallest absolute Gasteiger partial charge is 0.267 e. The first-order valence-electron chi connectivity index (χ1n) is 11.2. The molecule has 2 saturated carbocycles. The van der Waals surface area contributed by atoms with Gasteiger partial charge in [0, 0.05) is 38.9 Å². The van der Waals surface area contributed by atoms with Crippen molar-refractivity contribution in [2.45, 2.75) is 56.0 Å². The monoisotopic (exact) mass is 475 g/mol. The minimum Gasteiger partial charge on any atom is -0.381 e. The van der Waals surface area contributed by atoms with Crippen LogP contribution in [0.4, 0.5) is 20.4 Å². The van der Waals surface area contributed by atoms with Crippen molar-refractivity contribution in [2.24, 2.45) is 0 Å². The number of carbonyl (C=O) groups excluding carboxylic acids is 1. The van der Waals surface area contributed by atoms with E-state index in [4.69, 9.17) is 4.74 Å². The average Bonchev–Trinajstić information content (AvgIpc) is 3.22. The van der Waals surface area contributed by atoms with Gasteiger partial charge in [-0.2, -0.15) is 9.61 Å². The van der Waals surface area contributed by atoms with Crippen LogP contribution in [0.2, 0.25) is 0 Å². The van der Waals surface area contributed by atoms with Crippen molar-refractivity contribution in [1.82, 2.24) is 24.8 Å². The summed E-state index contributed by atoms with van der Waals surface area (Å²) in [5.74, 6) is -2.67. The Balaban J connectivity index is 1.37. The van der Waals surface area contributed by atoms with Crippen LogP contribution in [0.15, 0.2) is 36.3 Å². The van der Waals surface area contributed by atoms with Crippen LogP contribution >= 0.6 is 0 Å². The fourth-order valence-electron chi connectivity index (χ4n) is 4.41. The summed E-state index contributed by atoms with van der Waals surface area (Å²) in [7, 11) is 3.37. The molecule has 4 N–H and O–H groups in total. The summed E-state index contributed by atoms with van der Waals surface area (Å²) in [5.41, 5.74) is 0.805. The molecule has 2 fully saturated rings. The van der Waals surface area contributed by atoms with E-state index in [0.717, 1.165) is 12.8 Å². The summed E-state index contributed by atoms with van der Waals surface area (Å²) in [6.45, 7) is 0. The Kier molecular flexibility index (Phi) is 5.64. The van der Waals surface area contributed by atoms with Crippen molar-refractivity contribution in [2.75, 3.05) is 24.8 Å². The van der Waals surface area contributed by atoms with Gasteiger partial charge in [-0.1, -0.05) is 0 Å². The van der Waals surface area contributed by atoms with Gasteiger partial charge in [-0.15, -0.1) is 0 Å². The van der Waals surface area contributed by atoms with Crippen LogP contribution in [-0.4, -0.2) is 75.0 Å². The Labute approximate surface area is 194 Å². The molecule has 34 heavy (non-hydrogen) atoms. The predicted molar refractivity (Wildman–Crippen MR) is 120 cm³/mol. The second kappa shape index (κ2) is 8.51. The highest BCUT2D eigenvalue weighted by Crippen LogP contribution is 2.38. The lowest BCUT2D eigenvalue weighted by Crippen LogP contribution is -2.55. The van der Waals surface area contributed by atoms with E-state index in [1.165, 1.54) is 10.7 Å². The van der Waals surface area contributed by atoms with Gasteiger partial charge < -0.3 is 30.7 Å². The van der Waals surface area contributed by atoms with Crippen molar-refractivity contribution in [3.8, 4) is 0 Å². The van der Waals surface area contributed by atoms with E-state index in [0.29, 0.717) is 17.3 Å². The van der Waals surface area contributed by atoms with Crippen LogP contribution in [0.1, 0.15) is 36.0 Å². The number of nitrogens with zero attached hydrogens (tertiary/aromatic N) is 4. The third kappa shape index (κ3) is 3.86. The number of carbonyl (C=O) groups is 1. The maximum atomic E-state index is 13.6. The van der Waals surface area contributed by atoms with Crippen molar-refractivity contribution < 1.29 is 23.4 Å². The largest absolute Gasteiger partial charge is 0.381 e. The minimum atomic E-state index is -2.90. The van der Waals surface area contributed by atoms with E-state index in [9.17, 15) is 18.7 Å². The standard InChI is InChI=1S/C22H27F2N7O3/c1-25-18-10-17(27-15-4-3-7-30(21(15)33)12-8-13(9-12)34-2)29-19-14(11-26-31(18)19)20(32)28-16-5-6-22(16,23)24/h3-4,7,10-13,16,21,25,33H,5-6,8-9H2,1-2H3,(H,27,29)(H,28,32)/t12-,13-,16?,21?. The van der Waals surface area contributed by atoms with Gasteiger partial charge in [-0.3, -0.25) is 4.79 Å². The van der Waals surface area contributed by atoms with E-state index in [2.05, 4.69) is 26.0 Å². The number of nitrogens with one attached hydrogen (secondary N) is 3. The van der Waals surface area contributed by atoms with Gasteiger partial charge in [-0.05, 0) is 31.4 Å². The molecule has 0 bridgehead atoms. The van der Waals surface area contributed by atoms with Crippen LogP contribution in [0.3, 0.4) is 0 Å². The summed E-state index contributed by atoms with van der Waals surface area (Å²) in [4.78, 5) is 19.1. The van der Waals surface area contributed by atoms with Gasteiger partial charge in [0.25, 0.3) is 11.8 Å². The number of hydrogen-bond donors (Lipinski definition) is 4. The second-order valence-corrected chi connectivity index (χ2v) is 8.79. The summed E-state index contributed by atoms with van der Waals surface area (Å²) in [6.07, 6.45) is 7.67. The van der Waals surface area contributed by atoms with E-state index < -0.39 is 24.1 Å². The lowest BCUT2D eigenvalue weighted by molar-refractivity contribution is -0.102. The number of aromatic nitrogens is 3. The number of ether oxygens (including phenoxy) is 1. The topological polar surface area (TPSA) is 116 Å². The Morgan fingerprint density at radius 2 is 2.15 bits per heavy atom. The molecule has 1 aliphatic heterocycles. The van der Waals surface area contributed by atoms with E-state index >= 15 is 0 Å². The van der Waals surface area contributed by atoms with Gasteiger partial charge in [0.2, 0.25) is 0 Å². The quantitative estimate of drug-likeness (QED) is 0.480. The first-order valence-corrected chi connectivity index (χ1v) is 11.2. The molecule has 3 heterocycles. The van der Waals surface area contributed by atoms with E-state index in [-0.39, 0.29) is 36.2 Å². The number of allylic oxidation sites excluding steroid dienone is 2. The van der Waals surface area contributed by atoms with Crippen LogP contribution in [0.5, 0.6) is 0 Å². The number of methoxy groups -OCH3 is 1. The molecule has 2 atom stereocenters. The zero-order valence-electron chi connectivity index (χ0n) is 18.8. The number of rotatable bonds is 7. The summed E-state index contributed by atoms with van der Waals surface area (Å²) in [5, 5.41) is 23.6. The number of halogens is 2. The molecule has 12 heteroatoms. The third-order valence-corrected chi connectivity index (χ3v) is 6.75. The highest BCUT2D eigenvalue weighted by molar-refractivity contribution is 6.00. The van der Waals surface area contributed by atoms with Crippen LogP contribution in [-0.2, 0) is 4.74 Å². The summed E-state index contributed by atoms with van der Waals surface area (Å²) >= 11 is 0. The maximum absolute atomic E-state index is 13.6. The number of aliphatic hydroxyl groups excluding tert-OH is 1. The lowest BCUT2D eigenvalue weighted by Gasteiger charge is -2.45. The van der Waals surface area contributed by atoms with E-state index in [1.807, 2.05) is 17.2 Å². The fraction of sp³-hybridized carbons (Fsp3) is 0.500. The normalized spacial score (nSPS) is 27.6. The highest BCUT2D eigenvalue weighted by atomic mass is 19.3. The number of anilines is 2. The molecular weight excluding hydrogens is 448 g/mol. The zero-order chi connectivity index (χ0) is 24.0. The van der Waals surface area contributed by atoms with Gasteiger partial charge in [0.15, 0.2) is 11.9 Å². The molecule has 2 aromatic rings. The Hall–Kier alpha value is -3.25. The fourth-order valence-corrected chi connectivity index (χ4v) is 4.41. The van der Waals surface area contributed by atoms with Crippen molar-refractivity contribution >= 4 is 23.2 Å². The average molecular weight is 476 g/mol. The third-order valence-electron chi connectivity index (χ3n) is 6.75. The predicted octanol–water partition coefficient (Wildman–Crippen LogP) is 1.92. The molecule has 1 amide bonds. The van der Waals surface area contributed by atoms with Gasteiger partial charge in [0.1, 0.15) is 17.2 Å². The number of alkyl halides is 2. The molecule has 2 unspecified atom stereocenters. The first-order chi connectivity index (χ1) is 16.3. The van der Waals surface area contributed by atoms with Gasteiger partial charge in [0.05, 0.1) is 24.0 Å². The molecule has 0 aromatic carbocycles. The van der Waals surface area contributed by atoms with Crippen LogP contribution in [0, 0.1) is 0 Å². The molecule has 5 rings (SSSR count). The second-order valence-electron chi connectivity index (χ2n) is 8.79. The first kappa shape index (κ1) is 22.5. The molecule has 2 aliphatic carbocycles. The molecule has 2 aromatic heterocycles. The number of amides is 1. The molecule has 3 aliphatic rings. The lowest BCUT2D eigenvalue weighted by atomic mass is 9.87. The summed E-state index contributed by atoms with van der Waals surface area (Å²) < 4.78 is 34.0. The van der Waals surface area contributed by atoms with Crippen LogP contribution in [0.25, 0.3) is 5.65 Å². The highest BCUT2D eigenvalue weighted by Gasteiger charge is 2.49. The van der Waals surface area contributed by atoms with E-state index in [1.54, 1.807) is 26.3 Å².